The van der Waals surface area contributed by atoms with E-state index in [2.05, 4.69) is 34.8 Å². The maximum absolute atomic E-state index is 13.3. The molecule has 0 unspecified atom stereocenters. The molecule has 2 N–H and O–H groups in total. The molecule has 0 saturated carbocycles. The molecule has 162 valence electrons. The largest absolute Gasteiger partial charge is 0.497 e. The Morgan fingerprint density at radius 1 is 1.10 bits per heavy atom. The smallest absolute Gasteiger partial charge is 0.259 e. The molecule has 7 nitrogen and oxygen atoms in total. The molecule has 0 radical (unpaired) electrons. The molecule has 4 rings (SSSR count). The fraction of sp³-hybridized carbons (Fsp3) is 0.333. The molecular formula is C24H28N4O3. The Kier molecular flexibility index (Phi) is 6.23. The lowest BCUT2D eigenvalue weighted by Gasteiger charge is -2.25. The summed E-state index contributed by atoms with van der Waals surface area (Å²) in [5, 5.41) is 11.0. The average molecular weight is 421 g/mol. The van der Waals surface area contributed by atoms with Crippen LogP contribution in [-0.4, -0.2) is 43.0 Å². The van der Waals surface area contributed by atoms with Crippen LogP contribution in [0, 0.1) is 6.92 Å². The first-order valence-electron chi connectivity index (χ1n) is 10.5. The van der Waals surface area contributed by atoms with Crippen LogP contribution in [0.1, 0.15) is 40.4 Å². The normalized spacial score (nSPS) is 14.3. The Hall–Kier alpha value is -3.32. The van der Waals surface area contributed by atoms with Gasteiger partial charge in [0, 0.05) is 29.8 Å². The summed E-state index contributed by atoms with van der Waals surface area (Å²) < 4.78 is 12.6. The van der Waals surface area contributed by atoms with Gasteiger partial charge in [-0.05, 0) is 50.6 Å². The van der Waals surface area contributed by atoms with Crippen LogP contribution in [0.25, 0.3) is 5.69 Å². The number of carbonyl (C=O) groups excluding carboxylic acids is 1. The third-order valence-electron chi connectivity index (χ3n) is 5.63. The Balaban J connectivity index is 1.71. The maximum Gasteiger partial charge on any atom is 0.259 e. The third-order valence-corrected chi connectivity index (χ3v) is 5.63. The van der Waals surface area contributed by atoms with E-state index in [0.717, 1.165) is 42.9 Å². The zero-order chi connectivity index (χ0) is 21.8. The SMILES string of the molecule is COc1cc(NC(=O)c2cnn(-c3cccc(C)c3)c2C2CCNCC2)cc(OC)c1. The van der Waals surface area contributed by atoms with Crippen LogP contribution in [0.2, 0.25) is 0 Å². The quantitative estimate of drug-likeness (QED) is 0.632. The van der Waals surface area contributed by atoms with Crippen LogP contribution >= 0.6 is 0 Å². The zero-order valence-corrected chi connectivity index (χ0v) is 18.1. The molecule has 1 amide bonds. The predicted molar refractivity (Wildman–Crippen MR) is 121 cm³/mol. The molecule has 0 aliphatic carbocycles. The second kappa shape index (κ2) is 9.22. The van der Waals surface area contributed by atoms with Gasteiger partial charge in [-0.15, -0.1) is 0 Å². The van der Waals surface area contributed by atoms with Gasteiger partial charge in [0.2, 0.25) is 0 Å². The standard InChI is InChI=1S/C24H28N4O3/c1-16-5-4-6-19(11-16)28-23(17-7-9-25-10-8-17)22(15-26-28)24(29)27-18-12-20(30-2)14-21(13-18)31-3/h4-6,11-15,17,25H,7-10H2,1-3H3,(H,27,29). The van der Waals surface area contributed by atoms with Gasteiger partial charge in [0.05, 0.1) is 37.4 Å². The van der Waals surface area contributed by atoms with Gasteiger partial charge < -0.3 is 20.1 Å². The number of ether oxygens (including phenoxy) is 2. The van der Waals surface area contributed by atoms with Gasteiger partial charge in [0.15, 0.2) is 0 Å². The lowest BCUT2D eigenvalue weighted by Crippen LogP contribution is -2.29. The highest BCUT2D eigenvalue weighted by atomic mass is 16.5. The van der Waals surface area contributed by atoms with Crippen molar-refractivity contribution in [3.63, 3.8) is 0 Å². The monoisotopic (exact) mass is 420 g/mol. The van der Waals surface area contributed by atoms with Crippen LogP contribution in [0.15, 0.2) is 48.7 Å². The van der Waals surface area contributed by atoms with E-state index in [-0.39, 0.29) is 11.8 Å². The van der Waals surface area contributed by atoms with Gasteiger partial charge >= 0.3 is 0 Å². The summed E-state index contributed by atoms with van der Waals surface area (Å²) in [7, 11) is 3.17. The topological polar surface area (TPSA) is 77.4 Å². The fourth-order valence-electron chi connectivity index (χ4n) is 4.06. The van der Waals surface area contributed by atoms with Crippen LogP contribution < -0.4 is 20.1 Å². The van der Waals surface area contributed by atoms with Gasteiger partial charge in [-0.2, -0.15) is 5.10 Å². The minimum Gasteiger partial charge on any atom is -0.497 e. The minimum absolute atomic E-state index is 0.192. The number of piperidine rings is 1. The number of nitrogens with zero attached hydrogens (tertiary/aromatic N) is 2. The van der Waals surface area contributed by atoms with Gasteiger partial charge in [0.25, 0.3) is 5.91 Å². The molecule has 7 heteroatoms. The molecule has 1 aliphatic rings. The predicted octanol–water partition coefficient (Wildman–Crippen LogP) is 3.92. The van der Waals surface area contributed by atoms with Crippen molar-refractivity contribution in [2.45, 2.75) is 25.7 Å². The molecule has 0 atom stereocenters. The number of anilines is 1. The second-order valence-corrected chi connectivity index (χ2v) is 7.77. The molecule has 1 aliphatic heterocycles. The van der Waals surface area contributed by atoms with Crippen LogP contribution in [0.3, 0.4) is 0 Å². The summed E-state index contributed by atoms with van der Waals surface area (Å²) in [6.45, 7) is 3.91. The highest BCUT2D eigenvalue weighted by Gasteiger charge is 2.27. The first kappa shape index (κ1) is 20.9. The lowest BCUT2D eigenvalue weighted by molar-refractivity contribution is 0.102. The number of hydrogen-bond acceptors (Lipinski definition) is 5. The second-order valence-electron chi connectivity index (χ2n) is 7.77. The molecule has 1 fully saturated rings. The Bertz CT molecular complexity index is 1050. The van der Waals surface area contributed by atoms with Gasteiger partial charge in [0.1, 0.15) is 11.5 Å². The molecule has 0 spiro atoms. The molecule has 2 aromatic carbocycles. The van der Waals surface area contributed by atoms with Crippen LogP contribution in [-0.2, 0) is 0 Å². The van der Waals surface area contributed by atoms with Gasteiger partial charge in [-0.3, -0.25) is 4.79 Å². The lowest BCUT2D eigenvalue weighted by atomic mass is 9.91. The molecule has 3 aromatic rings. The summed E-state index contributed by atoms with van der Waals surface area (Å²) in [5.74, 6) is 1.29. The van der Waals surface area contributed by atoms with Crippen molar-refractivity contribution in [3.8, 4) is 17.2 Å². The number of benzene rings is 2. The Morgan fingerprint density at radius 2 is 1.81 bits per heavy atom. The van der Waals surface area contributed by atoms with Crippen molar-refractivity contribution in [1.29, 1.82) is 0 Å². The van der Waals surface area contributed by atoms with E-state index in [1.54, 1.807) is 38.6 Å². The highest BCUT2D eigenvalue weighted by Crippen LogP contribution is 2.32. The summed E-state index contributed by atoms with van der Waals surface area (Å²) >= 11 is 0. The maximum atomic E-state index is 13.3. The van der Waals surface area contributed by atoms with Crippen molar-refractivity contribution in [2.24, 2.45) is 0 Å². The summed E-state index contributed by atoms with van der Waals surface area (Å²) in [4.78, 5) is 13.3. The fourth-order valence-corrected chi connectivity index (χ4v) is 4.06. The molecule has 2 heterocycles. The third kappa shape index (κ3) is 4.56. The number of amides is 1. The molecular weight excluding hydrogens is 392 g/mol. The number of aromatic nitrogens is 2. The van der Waals surface area contributed by atoms with Crippen LogP contribution in [0.5, 0.6) is 11.5 Å². The first-order valence-corrected chi connectivity index (χ1v) is 10.5. The number of methoxy groups -OCH3 is 2. The molecule has 1 aromatic heterocycles. The van der Waals surface area contributed by atoms with E-state index in [1.165, 1.54) is 0 Å². The molecule has 1 saturated heterocycles. The summed E-state index contributed by atoms with van der Waals surface area (Å²) in [6, 6.07) is 13.5. The van der Waals surface area contributed by atoms with Crippen molar-refractivity contribution in [2.75, 3.05) is 32.6 Å². The molecule has 31 heavy (non-hydrogen) atoms. The van der Waals surface area contributed by atoms with Crippen molar-refractivity contribution in [1.82, 2.24) is 15.1 Å². The number of nitrogens with one attached hydrogen (secondary N) is 2. The highest BCUT2D eigenvalue weighted by molar-refractivity contribution is 6.05. The van der Waals surface area contributed by atoms with Gasteiger partial charge in [-0.25, -0.2) is 4.68 Å². The number of rotatable bonds is 6. The van der Waals surface area contributed by atoms with Crippen molar-refractivity contribution < 1.29 is 14.3 Å². The van der Waals surface area contributed by atoms with E-state index in [0.29, 0.717) is 22.7 Å². The summed E-state index contributed by atoms with van der Waals surface area (Å²) in [5.41, 5.74) is 4.28. The first-order chi connectivity index (χ1) is 15.1. The Morgan fingerprint density at radius 3 is 2.45 bits per heavy atom. The van der Waals surface area contributed by atoms with Crippen LogP contribution in [0.4, 0.5) is 5.69 Å². The Labute approximate surface area is 182 Å². The van der Waals surface area contributed by atoms with E-state index >= 15 is 0 Å². The van der Waals surface area contributed by atoms with Crippen molar-refractivity contribution >= 4 is 11.6 Å². The zero-order valence-electron chi connectivity index (χ0n) is 18.1. The number of carbonyl (C=O) groups is 1. The van der Waals surface area contributed by atoms with E-state index in [9.17, 15) is 4.79 Å². The summed E-state index contributed by atoms with van der Waals surface area (Å²) in [6.07, 6.45) is 3.60. The van der Waals surface area contributed by atoms with E-state index in [4.69, 9.17) is 9.47 Å². The van der Waals surface area contributed by atoms with E-state index < -0.39 is 0 Å². The van der Waals surface area contributed by atoms with E-state index in [1.807, 2.05) is 16.8 Å². The number of hydrogen-bond donors (Lipinski definition) is 2. The number of aryl methyl sites for hydroxylation is 1. The average Bonchev–Trinajstić information content (AvgIpc) is 3.25. The van der Waals surface area contributed by atoms with Crippen molar-refractivity contribution in [3.05, 3.63) is 65.5 Å². The molecule has 0 bridgehead atoms. The van der Waals surface area contributed by atoms with Gasteiger partial charge in [-0.1, -0.05) is 12.1 Å². The minimum atomic E-state index is -0.192.